The molecule has 2 bridgehead atoms. The van der Waals surface area contributed by atoms with Crippen molar-refractivity contribution in [3.8, 4) is 5.75 Å². The Balaban J connectivity index is 1.52. The second-order valence-electron chi connectivity index (χ2n) is 8.63. The number of halogens is 4. The van der Waals surface area contributed by atoms with Crippen molar-refractivity contribution >= 4 is 46.1 Å². The molecular formula is C23H25ClF3N3O4S. The number of carbonyl (C=O) groups is 2. The number of nitrogens with one attached hydrogen (secondary N) is 2. The van der Waals surface area contributed by atoms with Crippen LogP contribution in [-0.4, -0.2) is 50.5 Å². The Hall–Kier alpha value is -2.50. The zero-order chi connectivity index (χ0) is 25.2. The Morgan fingerprint density at radius 1 is 1.20 bits per heavy atom. The molecule has 0 unspecified atom stereocenters. The molecule has 1 aliphatic carbocycles. The highest BCUT2D eigenvalue weighted by molar-refractivity contribution is 7.18. The predicted molar refractivity (Wildman–Crippen MR) is 127 cm³/mol. The normalized spacial score (nSPS) is 20.4. The summed E-state index contributed by atoms with van der Waals surface area (Å²) in [4.78, 5) is 27.6. The van der Waals surface area contributed by atoms with Crippen LogP contribution in [0.3, 0.4) is 0 Å². The highest BCUT2D eigenvalue weighted by Gasteiger charge is 2.38. The first-order valence-electron chi connectivity index (χ1n) is 11.2. The van der Waals surface area contributed by atoms with Crippen molar-refractivity contribution in [1.29, 1.82) is 0 Å². The van der Waals surface area contributed by atoms with Gasteiger partial charge in [-0.05, 0) is 55.9 Å². The van der Waals surface area contributed by atoms with Gasteiger partial charge in [0.05, 0.1) is 21.5 Å². The molecule has 2 aromatic rings. The molecule has 3 heterocycles. The smallest absolute Gasteiger partial charge is 0.403 e. The van der Waals surface area contributed by atoms with Crippen LogP contribution >= 0.6 is 22.9 Å². The lowest BCUT2D eigenvalue weighted by Gasteiger charge is -2.47. The van der Waals surface area contributed by atoms with Gasteiger partial charge in [-0.3, -0.25) is 9.59 Å². The van der Waals surface area contributed by atoms with E-state index in [1.165, 1.54) is 25.3 Å². The van der Waals surface area contributed by atoms with Crippen LogP contribution in [0.25, 0.3) is 0 Å². The summed E-state index contributed by atoms with van der Waals surface area (Å²) in [7, 11) is 1.37. The fourth-order valence-corrected chi connectivity index (χ4v) is 5.59. The Kier molecular flexibility index (Phi) is 7.77. The lowest BCUT2D eigenvalue weighted by atomic mass is 9.79. The molecule has 2 saturated heterocycles. The van der Waals surface area contributed by atoms with E-state index in [9.17, 15) is 22.8 Å². The van der Waals surface area contributed by atoms with E-state index in [2.05, 4.69) is 15.4 Å². The highest BCUT2D eigenvalue weighted by atomic mass is 35.5. The minimum Gasteiger partial charge on any atom is -0.403 e. The Morgan fingerprint density at radius 2 is 1.94 bits per heavy atom. The molecule has 1 saturated carbocycles. The molecule has 0 spiro atoms. The number of anilines is 2. The van der Waals surface area contributed by atoms with Crippen LogP contribution in [0.5, 0.6) is 5.75 Å². The van der Waals surface area contributed by atoms with E-state index in [0.717, 1.165) is 43.1 Å². The van der Waals surface area contributed by atoms with Gasteiger partial charge in [-0.1, -0.05) is 11.6 Å². The van der Waals surface area contributed by atoms with Crippen molar-refractivity contribution in [3.63, 3.8) is 0 Å². The molecule has 1 atom stereocenters. The fraction of sp³-hybridized carbons (Fsp3) is 0.478. The third kappa shape index (κ3) is 6.39. The van der Waals surface area contributed by atoms with Gasteiger partial charge in [0.1, 0.15) is 6.04 Å². The Bertz CT molecular complexity index is 1070. The summed E-state index contributed by atoms with van der Waals surface area (Å²) in [6, 6.07) is 6.40. The van der Waals surface area contributed by atoms with Gasteiger partial charge in [-0.15, -0.1) is 24.5 Å². The van der Waals surface area contributed by atoms with Crippen molar-refractivity contribution < 1.29 is 32.2 Å². The van der Waals surface area contributed by atoms with Crippen molar-refractivity contribution in [2.24, 2.45) is 5.92 Å². The average Bonchev–Trinajstić information content (AvgIpc) is 3.25. The molecule has 5 rings (SSSR count). The van der Waals surface area contributed by atoms with Crippen LogP contribution in [0.15, 0.2) is 30.3 Å². The standard InChI is InChI=1S/C23H25ClF3N3O4S/c1-33-12-16(29-22(32)19-8-9-20(24)35-19)21(31)28-14-4-7-17(18(10-14)34-23(25,26)27)30-11-13-2-5-15(30)6-3-13/h4,7-10,13,15-16H,2-3,5-6,11-12H2,1H3,(H,28,31)(H,29,32)/t13?,15?,16-/m1/s1. The quantitative estimate of drug-likeness (QED) is 0.497. The second kappa shape index (κ2) is 10.6. The minimum atomic E-state index is -4.89. The van der Waals surface area contributed by atoms with E-state index in [1.54, 1.807) is 6.07 Å². The van der Waals surface area contributed by atoms with E-state index < -0.39 is 24.2 Å². The number of rotatable bonds is 8. The summed E-state index contributed by atoms with van der Waals surface area (Å²) in [5.74, 6) is -1.08. The average molecular weight is 532 g/mol. The van der Waals surface area contributed by atoms with E-state index in [0.29, 0.717) is 27.4 Å². The number of methoxy groups -OCH3 is 1. The van der Waals surface area contributed by atoms with Gasteiger partial charge >= 0.3 is 6.36 Å². The highest BCUT2D eigenvalue weighted by Crippen LogP contribution is 2.43. The third-order valence-corrected chi connectivity index (χ3v) is 7.46. The van der Waals surface area contributed by atoms with Crippen molar-refractivity contribution in [2.75, 3.05) is 30.5 Å². The summed E-state index contributed by atoms with van der Waals surface area (Å²) in [5.41, 5.74) is 0.459. The van der Waals surface area contributed by atoms with Gasteiger partial charge < -0.3 is 25.0 Å². The van der Waals surface area contributed by atoms with Crippen LogP contribution < -0.4 is 20.3 Å². The molecule has 1 aromatic carbocycles. The molecule has 1 aromatic heterocycles. The molecule has 7 nitrogen and oxygen atoms in total. The molecular weight excluding hydrogens is 507 g/mol. The van der Waals surface area contributed by atoms with Crippen molar-refractivity contribution in [2.45, 2.75) is 44.1 Å². The molecule has 3 fully saturated rings. The van der Waals surface area contributed by atoms with Gasteiger partial charge in [0.15, 0.2) is 5.75 Å². The number of piperidine rings is 2. The van der Waals surface area contributed by atoms with Gasteiger partial charge in [0.25, 0.3) is 5.91 Å². The summed E-state index contributed by atoms with van der Waals surface area (Å²) in [6.07, 6.45) is -0.865. The minimum absolute atomic E-state index is 0.106. The molecule has 2 N–H and O–H groups in total. The van der Waals surface area contributed by atoms with Crippen LogP contribution in [0.1, 0.15) is 35.4 Å². The third-order valence-electron chi connectivity index (χ3n) is 6.23. The Labute approximate surface area is 209 Å². The molecule has 2 amide bonds. The van der Waals surface area contributed by atoms with Gasteiger partial charge in [-0.25, -0.2) is 0 Å². The van der Waals surface area contributed by atoms with E-state index >= 15 is 0 Å². The first-order chi connectivity index (χ1) is 16.6. The lowest BCUT2D eigenvalue weighted by Crippen LogP contribution is -2.48. The molecule has 2 aliphatic heterocycles. The maximum atomic E-state index is 13.2. The number of fused-ring (bicyclic) bond motifs is 3. The molecule has 35 heavy (non-hydrogen) atoms. The van der Waals surface area contributed by atoms with Crippen molar-refractivity contribution in [3.05, 3.63) is 39.5 Å². The number of alkyl halides is 3. The number of thiophene rings is 1. The largest absolute Gasteiger partial charge is 0.573 e. The zero-order valence-corrected chi connectivity index (χ0v) is 20.4. The number of hydrogen-bond acceptors (Lipinski definition) is 6. The molecule has 3 aliphatic rings. The second-order valence-corrected chi connectivity index (χ2v) is 10.3. The fourth-order valence-electron chi connectivity index (χ4n) is 4.64. The molecule has 12 heteroatoms. The topological polar surface area (TPSA) is 79.9 Å². The van der Waals surface area contributed by atoms with Crippen LogP contribution in [0, 0.1) is 5.92 Å². The lowest BCUT2D eigenvalue weighted by molar-refractivity contribution is -0.274. The SMILES string of the molecule is COC[C@@H](NC(=O)c1ccc(Cl)s1)C(=O)Nc1ccc(N2CC3CCC2CC3)c(OC(F)(F)F)c1. The number of benzene rings is 1. The maximum absolute atomic E-state index is 13.2. The summed E-state index contributed by atoms with van der Waals surface area (Å²) in [6.45, 7) is 0.538. The number of nitrogens with zero attached hydrogens (tertiary/aromatic N) is 1. The van der Waals surface area contributed by atoms with Crippen LogP contribution in [0.2, 0.25) is 4.34 Å². The Morgan fingerprint density at radius 3 is 2.51 bits per heavy atom. The monoisotopic (exact) mass is 531 g/mol. The number of amides is 2. The maximum Gasteiger partial charge on any atom is 0.573 e. The summed E-state index contributed by atoms with van der Waals surface area (Å²) in [5, 5.41) is 5.12. The predicted octanol–water partition coefficient (Wildman–Crippen LogP) is 5.06. The van der Waals surface area contributed by atoms with Gasteiger partial charge in [0.2, 0.25) is 5.91 Å². The van der Waals surface area contributed by atoms with Crippen LogP contribution in [-0.2, 0) is 9.53 Å². The molecule has 0 radical (unpaired) electrons. The van der Waals surface area contributed by atoms with E-state index in [1.807, 2.05) is 4.90 Å². The van der Waals surface area contributed by atoms with E-state index in [-0.39, 0.29) is 24.1 Å². The number of carbonyl (C=O) groups excluding carboxylic acids is 2. The van der Waals surface area contributed by atoms with E-state index in [4.69, 9.17) is 16.3 Å². The zero-order valence-electron chi connectivity index (χ0n) is 18.9. The summed E-state index contributed by atoms with van der Waals surface area (Å²) >= 11 is 6.91. The van der Waals surface area contributed by atoms with Crippen LogP contribution in [0.4, 0.5) is 24.5 Å². The number of hydrogen-bond donors (Lipinski definition) is 2. The van der Waals surface area contributed by atoms with Gasteiger partial charge in [0, 0.05) is 31.5 Å². The summed E-state index contributed by atoms with van der Waals surface area (Å²) < 4.78 is 49.4. The number of ether oxygens (including phenoxy) is 2. The first-order valence-corrected chi connectivity index (χ1v) is 12.3. The first kappa shape index (κ1) is 25.6. The van der Waals surface area contributed by atoms with Crippen molar-refractivity contribution in [1.82, 2.24) is 5.32 Å². The van der Waals surface area contributed by atoms with Gasteiger partial charge in [-0.2, -0.15) is 0 Å². The molecule has 190 valence electrons.